The van der Waals surface area contributed by atoms with Crippen molar-refractivity contribution >= 4 is 11.9 Å². The van der Waals surface area contributed by atoms with E-state index < -0.39 is 0 Å². The van der Waals surface area contributed by atoms with Crippen LogP contribution >= 0.6 is 0 Å². The first kappa shape index (κ1) is 20.8. The summed E-state index contributed by atoms with van der Waals surface area (Å²) in [5.41, 5.74) is 2.56. The second-order valence-electron chi connectivity index (χ2n) is 7.50. The van der Waals surface area contributed by atoms with E-state index in [9.17, 15) is 14.0 Å². The first-order chi connectivity index (χ1) is 15.1. The topological polar surface area (TPSA) is 64.4 Å². The van der Waals surface area contributed by atoms with Crippen LogP contribution in [0.5, 0.6) is 0 Å². The Bertz CT molecular complexity index is 1060. The molecule has 6 nitrogen and oxygen atoms in total. The Hall–Kier alpha value is -3.48. The van der Waals surface area contributed by atoms with Gasteiger partial charge in [-0.3, -0.25) is 9.59 Å². The van der Waals surface area contributed by atoms with E-state index in [0.29, 0.717) is 43.1 Å². The summed E-state index contributed by atoms with van der Waals surface area (Å²) < 4.78 is 20.2. The first-order valence-electron chi connectivity index (χ1n) is 10.4. The lowest BCUT2D eigenvalue weighted by Crippen LogP contribution is -2.42. The van der Waals surface area contributed by atoms with Crippen molar-refractivity contribution < 1.29 is 18.7 Å². The molecule has 0 N–H and O–H groups in total. The van der Waals surface area contributed by atoms with E-state index >= 15 is 0 Å². The number of rotatable bonds is 5. The minimum Gasteiger partial charge on any atom is -0.466 e. The molecule has 7 heteroatoms. The Morgan fingerprint density at radius 1 is 1.13 bits per heavy atom. The first-order valence-corrected chi connectivity index (χ1v) is 10.4. The fourth-order valence-electron chi connectivity index (χ4n) is 3.94. The largest absolute Gasteiger partial charge is 0.466 e. The van der Waals surface area contributed by atoms with Gasteiger partial charge in [0.1, 0.15) is 5.82 Å². The third kappa shape index (κ3) is 4.35. The molecule has 1 aliphatic rings. The van der Waals surface area contributed by atoms with Crippen LogP contribution in [0.25, 0.3) is 16.9 Å². The molecule has 3 aromatic rings. The summed E-state index contributed by atoms with van der Waals surface area (Å²) in [5, 5.41) is 4.45. The van der Waals surface area contributed by atoms with Crippen LogP contribution in [-0.2, 0) is 9.53 Å². The highest BCUT2D eigenvalue weighted by Gasteiger charge is 2.32. The number of nitrogens with zero attached hydrogens (tertiary/aromatic N) is 3. The van der Waals surface area contributed by atoms with Crippen LogP contribution in [0.1, 0.15) is 30.1 Å². The summed E-state index contributed by atoms with van der Waals surface area (Å²) >= 11 is 0. The molecule has 1 aliphatic heterocycles. The molecule has 1 atom stereocenters. The molecule has 0 aliphatic carbocycles. The molecule has 1 fully saturated rings. The minimum absolute atomic E-state index is 0.179. The van der Waals surface area contributed by atoms with Crippen LogP contribution in [0.3, 0.4) is 0 Å². The maximum absolute atomic E-state index is 13.5. The Kier molecular flexibility index (Phi) is 6.11. The lowest BCUT2D eigenvalue weighted by atomic mass is 9.97. The van der Waals surface area contributed by atoms with Crippen LogP contribution < -0.4 is 0 Å². The summed E-state index contributed by atoms with van der Waals surface area (Å²) in [6, 6.07) is 15.5. The van der Waals surface area contributed by atoms with Crippen molar-refractivity contribution in [2.24, 2.45) is 5.92 Å². The molecule has 31 heavy (non-hydrogen) atoms. The smallest absolute Gasteiger partial charge is 0.310 e. The zero-order chi connectivity index (χ0) is 21.8. The molecule has 0 radical (unpaired) electrons. The molecule has 0 saturated carbocycles. The number of hydrogen-bond donors (Lipinski definition) is 0. The molecule has 0 unspecified atom stereocenters. The van der Waals surface area contributed by atoms with Gasteiger partial charge in [-0.1, -0.05) is 30.3 Å². The van der Waals surface area contributed by atoms with E-state index in [1.807, 2.05) is 30.3 Å². The van der Waals surface area contributed by atoms with Gasteiger partial charge in [-0.05, 0) is 44.0 Å². The van der Waals surface area contributed by atoms with Crippen molar-refractivity contribution in [2.75, 3.05) is 19.7 Å². The number of halogens is 1. The number of esters is 1. The van der Waals surface area contributed by atoms with E-state index in [4.69, 9.17) is 4.74 Å². The number of carbonyl (C=O) groups excluding carboxylic acids is 2. The van der Waals surface area contributed by atoms with Gasteiger partial charge in [0.15, 0.2) is 0 Å². The Labute approximate surface area is 180 Å². The van der Waals surface area contributed by atoms with E-state index in [-0.39, 0.29) is 23.6 Å². The zero-order valence-corrected chi connectivity index (χ0v) is 17.3. The minimum atomic E-state index is -0.341. The average molecular weight is 421 g/mol. The van der Waals surface area contributed by atoms with Crippen molar-refractivity contribution in [2.45, 2.75) is 19.8 Å². The molecule has 1 aromatic heterocycles. The van der Waals surface area contributed by atoms with Crippen molar-refractivity contribution in [1.29, 1.82) is 0 Å². The number of likely N-dealkylation sites (tertiary alicyclic amines) is 1. The SMILES string of the molecule is CCOC(=O)[C@H]1CCCN(C(=O)c2cnn(-c3ccc(F)cc3)c2-c2ccccc2)C1. The number of aromatic nitrogens is 2. The van der Waals surface area contributed by atoms with E-state index in [1.54, 1.807) is 34.8 Å². The highest BCUT2D eigenvalue weighted by atomic mass is 19.1. The van der Waals surface area contributed by atoms with E-state index in [0.717, 1.165) is 12.0 Å². The summed E-state index contributed by atoms with van der Waals surface area (Å²) in [5.74, 6) is -1.09. The number of ether oxygens (including phenoxy) is 1. The van der Waals surface area contributed by atoms with Gasteiger partial charge < -0.3 is 9.64 Å². The summed E-state index contributed by atoms with van der Waals surface area (Å²) in [6.45, 7) is 3.00. The molecule has 2 heterocycles. The number of benzene rings is 2. The van der Waals surface area contributed by atoms with Crippen LogP contribution in [0.4, 0.5) is 4.39 Å². The van der Waals surface area contributed by atoms with Crippen molar-refractivity contribution in [3.63, 3.8) is 0 Å². The Morgan fingerprint density at radius 2 is 1.87 bits per heavy atom. The molecule has 0 spiro atoms. The average Bonchev–Trinajstić information content (AvgIpc) is 3.25. The third-order valence-corrected chi connectivity index (χ3v) is 5.45. The van der Waals surface area contributed by atoms with E-state index in [2.05, 4.69) is 5.10 Å². The second kappa shape index (κ2) is 9.12. The normalized spacial score (nSPS) is 16.2. The van der Waals surface area contributed by atoms with Crippen LogP contribution in [0.15, 0.2) is 60.8 Å². The predicted octanol–water partition coefficient (Wildman–Crippen LogP) is 4.09. The Balaban J connectivity index is 1.70. The van der Waals surface area contributed by atoms with E-state index in [1.165, 1.54) is 12.1 Å². The fourth-order valence-corrected chi connectivity index (χ4v) is 3.94. The molecule has 2 aromatic carbocycles. The van der Waals surface area contributed by atoms with Gasteiger partial charge in [0.25, 0.3) is 5.91 Å². The molecular weight excluding hydrogens is 397 g/mol. The van der Waals surface area contributed by atoms with Crippen molar-refractivity contribution in [1.82, 2.24) is 14.7 Å². The standard InChI is InChI=1S/C24H24FN3O3/c1-2-31-24(30)18-9-6-14-27(16-18)23(29)21-15-26-28(20-12-10-19(25)11-13-20)22(21)17-7-4-3-5-8-17/h3-5,7-8,10-13,15,18H,2,6,9,14,16H2,1H3/t18-/m0/s1. The van der Waals surface area contributed by atoms with Crippen LogP contribution in [0, 0.1) is 11.7 Å². The number of hydrogen-bond acceptors (Lipinski definition) is 4. The maximum atomic E-state index is 13.5. The molecule has 1 amide bonds. The quantitative estimate of drug-likeness (QED) is 0.582. The van der Waals surface area contributed by atoms with Gasteiger partial charge in [-0.25, -0.2) is 9.07 Å². The van der Waals surface area contributed by atoms with Gasteiger partial charge >= 0.3 is 5.97 Å². The Morgan fingerprint density at radius 3 is 2.58 bits per heavy atom. The monoisotopic (exact) mass is 421 g/mol. The molecular formula is C24H24FN3O3. The van der Waals surface area contributed by atoms with Crippen LogP contribution in [0.2, 0.25) is 0 Å². The lowest BCUT2D eigenvalue weighted by molar-refractivity contribution is -0.149. The van der Waals surface area contributed by atoms with Crippen LogP contribution in [-0.4, -0.2) is 46.3 Å². The summed E-state index contributed by atoms with van der Waals surface area (Å²) in [4.78, 5) is 27.4. The summed E-state index contributed by atoms with van der Waals surface area (Å²) in [6.07, 6.45) is 2.99. The number of amides is 1. The number of carbonyl (C=O) groups is 2. The van der Waals surface area contributed by atoms with Crippen molar-refractivity contribution in [3.05, 3.63) is 72.2 Å². The molecule has 160 valence electrons. The second-order valence-corrected chi connectivity index (χ2v) is 7.50. The van der Waals surface area contributed by atoms with Crippen molar-refractivity contribution in [3.8, 4) is 16.9 Å². The highest BCUT2D eigenvalue weighted by molar-refractivity contribution is 6.00. The van der Waals surface area contributed by atoms with Gasteiger partial charge in [-0.2, -0.15) is 5.10 Å². The van der Waals surface area contributed by atoms with Gasteiger partial charge in [0.2, 0.25) is 0 Å². The van der Waals surface area contributed by atoms with Gasteiger partial charge in [0.05, 0.1) is 35.7 Å². The lowest BCUT2D eigenvalue weighted by Gasteiger charge is -2.31. The summed E-state index contributed by atoms with van der Waals surface area (Å²) in [7, 11) is 0. The van der Waals surface area contributed by atoms with Gasteiger partial charge in [-0.15, -0.1) is 0 Å². The molecule has 0 bridgehead atoms. The zero-order valence-electron chi connectivity index (χ0n) is 17.3. The molecule has 1 saturated heterocycles. The highest BCUT2D eigenvalue weighted by Crippen LogP contribution is 2.29. The maximum Gasteiger partial charge on any atom is 0.310 e. The third-order valence-electron chi connectivity index (χ3n) is 5.45. The molecule has 4 rings (SSSR count). The number of piperidine rings is 1. The fraction of sp³-hybridized carbons (Fsp3) is 0.292. The predicted molar refractivity (Wildman–Crippen MR) is 114 cm³/mol. The van der Waals surface area contributed by atoms with Gasteiger partial charge in [0, 0.05) is 18.7 Å².